The zero-order chi connectivity index (χ0) is 20.2. The summed E-state index contributed by atoms with van der Waals surface area (Å²) in [6.45, 7) is 6.32. The maximum absolute atomic E-state index is 12.7. The SMILES string of the molecule is CCCN(CC1CCN(C(=O)c2ccccc2)CC1)[C@H]1CCc2nc(N)sc2C1. The third-order valence-electron chi connectivity index (χ3n) is 6.37. The number of hydrogen-bond donors (Lipinski definition) is 1. The van der Waals surface area contributed by atoms with Crippen LogP contribution in [0.1, 0.15) is 53.5 Å². The maximum atomic E-state index is 12.7. The molecule has 5 nitrogen and oxygen atoms in total. The highest BCUT2D eigenvalue weighted by atomic mass is 32.1. The van der Waals surface area contributed by atoms with Crippen LogP contribution in [-0.2, 0) is 12.8 Å². The number of carbonyl (C=O) groups is 1. The van der Waals surface area contributed by atoms with E-state index in [9.17, 15) is 4.79 Å². The highest BCUT2D eigenvalue weighted by Crippen LogP contribution is 2.31. The number of amides is 1. The minimum atomic E-state index is 0.178. The van der Waals surface area contributed by atoms with Crippen molar-refractivity contribution in [2.75, 3.05) is 31.9 Å². The van der Waals surface area contributed by atoms with E-state index >= 15 is 0 Å². The molecule has 1 atom stereocenters. The average Bonchev–Trinajstić information content (AvgIpc) is 3.13. The van der Waals surface area contributed by atoms with E-state index in [0.717, 1.165) is 57.4 Å². The van der Waals surface area contributed by atoms with Gasteiger partial charge in [0.1, 0.15) is 0 Å². The summed E-state index contributed by atoms with van der Waals surface area (Å²) in [6, 6.07) is 10.3. The van der Waals surface area contributed by atoms with Gasteiger partial charge >= 0.3 is 0 Å². The van der Waals surface area contributed by atoms with Crippen molar-refractivity contribution < 1.29 is 4.79 Å². The molecule has 0 radical (unpaired) electrons. The second kappa shape index (κ2) is 9.26. The van der Waals surface area contributed by atoms with Crippen molar-refractivity contribution in [2.45, 2.75) is 51.5 Å². The largest absolute Gasteiger partial charge is 0.375 e. The van der Waals surface area contributed by atoms with E-state index in [-0.39, 0.29) is 5.91 Å². The molecule has 0 bridgehead atoms. The normalized spacial score (nSPS) is 20.1. The molecule has 1 aliphatic carbocycles. The third kappa shape index (κ3) is 4.81. The first kappa shape index (κ1) is 20.4. The Balaban J connectivity index is 1.32. The molecule has 0 spiro atoms. The Morgan fingerprint density at radius 1 is 1.24 bits per heavy atom. The number of nitrogens with zero attached hydrogens (tertiary/aromatic N) is 3. The molecule has 6 heteroatoms. The summed E-state index contributed by atoms with van der Waals surface area (Å²) in [5, 5.41) is 0.716. The van der Waals surface area contributed by atoms with E-state index in [2.05, 4.69) is 16.8 Å². The zero-order valence-corrected chi connectivity index (χ0v) is 18.2. The molecule has 4 rings (SSSR count). The molecule has 0 saturated carbocycles. The van der Waals surface area contributed by atoms with E-state index in [0.29, 0.717) is 17.1 Å². The highest BCUT2D eigenvalue weighted by Gasteiger charge is 2.30. The van der Waals surface area contributed by atoms with Crippen molar-refractivity contribution in [3.63, 3.8) is 0 Å². The molecule has 0 unspecified atom stereocenters. The van der Waals surface area contributed by atoms with Gasteiger partial charge in [0.2, 0.25) is 0 Å². The number of hydrogen-bond acceptors (Lipinski definition) is 5. The summed E-state index contributed by atoms with van der Waals surface area (Å²) >= 11 is 1.67. The molecule has 1 aliphatic heterocycles. The number of thiazole rings is 1. The van der Waals surface area contributed by atoms with Crippen molar-refractivity contribution in [1.29, 1.82) is 0 Å². The van der Waals surface area contributed by atoms with Crippen LogP contribution in [0.5, 0.6) is 0 Å². The first-order chi connectivity index (χ1) is 14.1. The minimum absolute atomic E-state index is 0.178. The van der Waals surface area contributed by atoms with Gasteiger partial charge in [-0.05, 0) is 63.1 Å². The smallest absolute Gasteiger partial charge is 0.253 e. The van der Waals surface area contributed by atoms with Crippen molar-refractivity contribution >= 4 is 22.4 Å². The van der Waals surface area contributed by atoms with Crippen molar-refractivity contribution in [1.82, 2.24) is 14.8 Å². The van der Waals surface area contributed by atoms with Crippen LogP contribution in [0.2, 0.25) is 0 Å². The summed E-state index contributed by atoms with van der Waals surface area (Å²) in [7, 11) is 0. The van der Waals surface area contributed by atoms with E-state index in [1.165, 1.54) is 23.4 Å². The van der Waals surface area contributed by atoms with Gasteiger partial charge in [-0.1, -0.05) is 25.1 Å². The quantitative estimate of drug-likeness (QED) is 0.783. The predicted octanol–water partition coefficient (Wildman–Crippen LogP) is 3.85. The van der Waals surface area contributed by atoms with E-state index in [1.54, 1.807) is 11.3 Å². The van der Waals surface area contributed by atoms with Gasteiger partial charge in [0, 0.05) is 36.1 Å². The lowest BCUT2D eigenvalue weighted by atomic mass is 9.92. The number of likely N-dealkylation sites (tertiary alicyclic amines) is 1. The van der Waals surface area contributed by atoms with Crippen LogP contribution >= 0.6 is 11.3 Å². The van der Waals surface area contributed by atoms with Gasteiger partial charge in [0.15, 0.2) is 5.13 Å². The Bertz CT molecular complexity index is 814. The van der Waals surface area contributed by atoms with Gasteiger partial charge in [0.05, 0.1) is 5.69 Å². The first-order valence-electron chi connectivity index (χ1n) is 11.0. The number of nitrogens with two attached hydrogens (primary N) is 1. The Kier molecular flexibility index (Phi) is 6.50. The number of anilines is 1. The molecule has 156 valence electrons. The zero-order valence-electron chi connectivity index (χ0n) is 17.3. The van der Waals surface area contributed by atoms with Crippen LogP contribution in [0, 0.1) is 5.92 Å². The van der Waals surface area contributed by atoms with Crippen LogP contribution in [0.15, 0.2) is 30.3 Å². The lowest BCUT2D eigenvalue weighted by molar-refractivity contribution is 0.0642. The molecular formula is C23H32N4OS. The summed E-state index contributed by atoms with van der Waals surface area (Å²) in [4.78, 5) is 23.3. The molecule has 1 amide bonds. The summed E-state index contributed by atoms with van der Waals surface area (Å²) < 4.78 is 0. The number of benzene rings is 1. The maximum Gasteiger partial charge on any atom is 0.253 e. The number of carbonyl (C=O) groups excluding carboxylic acids is 1. The first-order valence-corrected chi connectivity index (χ1v) is 11.8. The predicted molar refractivity (Wildman–Crippen MR) is 119 cm³/mol. The average molecular weight is 413 g/mol. The molecule has 1 aromatic carbocycles. The fourth-order valence-corrected chi connectivity index (χ4v) is 5.76. The number of fused-ring (bicyclic) bond motifs is 1. The Labute approximate surface area is 177 Å². The van der Waals surface area contributed by atoms with Crippen molar-refractivity contribution in [3.8, 4) is 0 Å². The fraction of sp³-hybridized carbons (Fsp3) is 0.565. The van der Waals surface area contributed by atoms with Crippen molar-refractivity contribution in [3.05, 3.63) is 46.5 Å². The minimum Gasteiger partial charge on any atom is -0.375 e. The molecule has 2 N–H and O–H groups in total. The van der Waals surface area contributed by atoms with Crippen LogP contribution in [0.25, 0.3) is 0 Å². The van der Waals surface area contributed by atoms with Gasteiger partial charge in [0.25, 0.3) is 5.91 Å². The summed E-state index contributed by atoms with van der Waals surface area (Å²) in [5.74, 6) is 0.853. The highest BCUT2D eigenvalue weighted by molar-refractivity contribution is 7.15. The molecule has 1 aromatic heterocycles. The van der Waals surface area contributed by atoms with Gasteiger partial charge < -0.3 is 10.6 Å². The second-order valence-electron chi connectivity index (χ2n) is 8.42. The molecule has 2 aromatic rings. The number of nitrogen functional groups attached to an aromatic ring is 1. The Hall–Kier alpha value is -1.92. The molecular weight excluding hydrogens is 380 g/mol. The van der Waals surface area contributed by atoms with Gasteiger partial charge in [-0.25, -0.2) is 4.98 Å². The summed E-state index contributed by atoms with van der Waals surface area (Å²) in [5.41, 5.74) is 7.96. The van der Waals surface area contributed by atoms with Crippen LogP contribution in [-0.4, -0.2) is 52.9 Å². The number of rotatable bonds is 6. The van der Waals surface area contributed by atoms with Gasteiger partial charge in [-0.15, -0.1) is 11.3 Å². The number of aromatic nitrogens is 1. The lowest BCUT2D eigenvalue weighted by Crippen LogP contribution is -2.45. The van der Waals surface area contributed by atoms with Crippen LogP contribution in [0.3, 0.4) is 0 Å². The molecule has 1 saturated heterocycles. The fourth-order valence-electron chi connectivity index (χ4n) is 4.81. The Morgan fingerprint density at radius 2 is 2.00 bits per heavy atom. The number of piperidine rings is 1. The topological polar surface area (TPSA) is 62.5 Å². The molecule has 1 fully saturated rings. The standard InChI is InChI=1S/C23H32N4OS/c1-2-12-27(19-8-9-20-21(15-19)29-23(24)25-20)16-17-10-13-26(14-11-17)22(28)18-6-4-3-5-7-18/h3-7,17,19H,2,8-16H2,1H3,(H2,24,25)/t19-/m0/s1. The van der Waals surface area contributed by atoms with Gasteiger partial charge in [-0.2, -0.15) is 0 Å². The molecule has 2 aliphatic rings. The van der Waals surface area contributed by atoms with E-state index in [1.807, 2.05) is 35.2 Å². The molecule has 2 heterocycles. The lowest BCUT2D eigenvalue weighted by Gasteiger charge is -2.39. The van der Waals surface area contributed by atoms with Crippen LogP contribution in [0.4, 0.5) is 5.13 Å². The Morgan fingerprint density at radius 3 is 2.72 bits per heavy atom. The second-order valence-corrected chi connectivity index (χ2v) is 9.53. The van der Waals surface area contributed by atoms with E-state index < -0.39 is 0 Å². The van der Waals surface area contributed by atoms with E-state index in [4.69, 9.17) is 5.73 Å². The number of aryl methyl sites for hydroxylation is 1. The van der Waals surface area contributed by atoms with Gasteiger partial charge in [-0.3, -0.25) is 9.69 Å². The van der Waals surface area contributed by atoms with Crippen molar-refractivity contribution in [2.24, 2.45) is 5.92 Å². The monoisotopic (exact) mass is 412 g/mol. The third-order valence-corrected chi connectivity index (χ3v) is 7.32. The molecule has 29 heavy (non-hydrogen) atoms. The van der Waals surface area contributed by atoms with Crippen LogP contribution < -0.4 is 5.73 Å². The summed E-state index contributed by atoms with van der Waals surface area (Å²) in [6.07, 6.45) is 6.71.